The van der Waals surface area contributed by atoms with Crippen molar-refractivity contribution >= 4 is 0 Å². The Labute approximate surface area is 110 Å². The summed E-state index contributed by atoms with van der Waals surface area (Å²) < 4.78 is 5.02. The summed E-state index contributed by atoms with van der Waals surface area (Å²) in [5.74, 6) is 1.36. The normalized spacial score (nSPS) is 12.7. The molecule has 1 N–H and O–H groups in total. The Morgan fingerprint density at radius 1 is 1.22 bits per heavy atom. The topological polar surface area (TPSA) is 47.0 Å². The Morgan fingerprint density at radius 2 is 1.83 bits per heavy atom. The lowest BCUT2D eigenvalue weighted by atomic mass is 9.98. The van der Waals surface area contributed by atoms with E-state index in [0.29, 0.717) is 5.92 Å². The summed E-state index contributed by atoms with van der Waals surface area (Å²) in [7, 11) is 1.72. The monoisotopic (exact) mass is 251 g/mol. The van der Waals surface area contributed by atoms with Crippen LogP contribution in [0.2, 0.25) is 0 Å². The molecule has 1 rings (SSSR count). The molecule has 0 aliphatic heterocycles. The molecular weight excluding hydrogens is 226 g/mol. The minimum atomic E-state index is 0.424. The number of aryl methyl sites for hydroxylation is 3. The van der Waals surface area contributed by atoms with Crippen molar-refractivity contribution in [2.45, 2.75) is 40.0 Å². The highest BCUT2D eigenvalue weighted by molar-refractivity contribution is 5.28. The molecule has 1 heterocycles. The first-order chi connectivity index (χ1) is 8.60. The van der Waals surface area contributed by atoms with E-state index in [-0.39, 0.29) is 0 Å². The lowest BCUT2D eigenvalue weighted by Gasteiger charge is -2.17. The number of nitrogens with zero attached hydrogens (tertiary/aromatic N) is 2. The van der Waals surface area contributed by atoms with Gasteiger partial charge in [0.15, 0.2) is 0 Å². The second-order valence-electron chi connectivity index (χ2n) is 4.68. The summed E-state index contributed by atoms with van der Waals surface area (Å²) in [5.41, 5.74) is 3.50. The Morgan fingerprint density at radius 3 is 2.33 bits per heavy atom. The molecule has 0 amide bonds. The maximum absolute atomic E-state index is 5.02. The van der Waals surface area contributed by atoms with Crippen LogP contribution in [0.5, 0.6) is 0 Å². The molecule has 0 radical (unpaired) electrons. The largest absolute Gasteiger partial charge is 0.383 e. The van der Waals surface area contributed by atoms with Crippen LogP contribution >= 0.6 is 0 Å². The van der Waals surface area contributed by atoms with Crippen molar-refractivity contribution in [3.8, 4) is 0 Å². The average Bonchev–Trinajstić information content (AvgIpc) is 2.33. The van der Waals surface area contributed by atoms with Crippen LogP contribution in [0.4, 0.5) is 0 Å². The highest BCUT2D eigenvalue weighted by Gasteiger charge is 2.14. The van der Waals surface area contributed by atoms with Crippen molar-refractivity contribution in [1.82, 2.24) is 15.3 Å². The molecular formula is C14H25N3O. The number of methoxy groups -OCH3 is 1. The molecule has 0 spiro atoms. The third-order valence-electron chi connectivity index (χ3n) is 3.12. The van der Waals surface area contributed by atoms with Crippen LogP contribution in [-0.2, 0) is 11.2 Å². The molecule has 4 heteroatoms. The molecule has 1 aromatic rings. The van der Waals surface area contributed by atoms with Gasteiger partial charge in [-0.05, 0) is 25.3 Å². The van der Waals surface area contributed by atoms with E-state index in [1.165, 1.54) is 5.56 Å². The third-order valence-corrected chi connectivity index (χ3v) is 3.12. The molecule has 18 heavy (non-hydrogen) atoms. The number of hydrogen-bond acceptors (Lipinski definition) is 4. The van der Waals surface area contributed by atoms with E-state index in [2.05, 4.69) is 43.0 Å². The lowest BCUT2D eigenvalue weighted by molar-refractivity contribution is 0.199. The number of nitrogens with one attached hydrogen (secondary N) is 1. The SMILES string of the molecule is CCc1nc(C)c(C(C)CNCCOC)c(C)n1. The van der Waals surface area contributed by atoms with Crippen LogP contribution in [-0.4, -0.2) is 36.8 Å². The lowest BCUT2D eigenvalue weighted by Crippen LogP contribution is -2.25. The summed E-state index contributed by atoms with van der Waals surface area (Å²) in [6.45, 7) is 11.0. The second-order valence-corrected chi connectivity index (χ2v) is 4.68. The maximum atomic E-state index is 5.02. The summed E-state index contributed by atoms with van der Waals surface area (Å²) in [6, 6.07) is 0. The van der Waals surface area contributed by atoms with Crippen LogP contribution in [0.3, 0.4) is 0 Å². The highest BCUT2D eigenvalue weighted by Crippen LogP contribution is 2.20. The highest BCUT2D eigenvalue weighted by atomic mass is 16.5. The van der Waals surface area contributed by atoms with Crippen molar-refractivity contribution in [2.24, 2.45) is 0 Å². The van der Waals surface area contributed by atoms with Gasteiger partial charge in [0.05, 0.1) is 6.61 Å². The molecule has 1 atom stereocenters. The maximum Gasteiger partial charge on any atom is 0.128 e. The molecule has 0 aromatic carbocycles. The molecule has 0 bridgehead atoms. The van der Waals surface area contributed by atoms with E-state index in [0.717, 1.165) is 43.3 Å². The zero-order valence-corrected chi connectivity index (χ0v) is 12.2. The quantitative estimate of drug-likeness (QED) is 0.753. The summed E-state index contributed by atoms with van der Waals surface area (Å²) in [4.78, 5) is 9.11. The summed E-state index contributed by atoms with van der Waals surface area (Å²) >= 11 is 0. The molecule has 4 nitrogen and oxygen atoms in total. The van der Waals surface area contributed by atoms with E-state index in [1.54, 1.807) is 7.11 Å². The van der Waals surface area contributed by atoms with Crippen molar-refractivity contribution in [3.05, 3.63) is 22.8 Å². The van der Waals surface area contributed by atoms with Gasteiger partial charge in [0.25, 0.3) is 0 Å². The van der Waals surface area contributed by atoms with Crippen LogP contribution in [0.15, 0.2) is 0 Å². The fourth-order valence-corrected chi connectivity index (χ4v) is 2.26. The van der Waals surface area contributed by atoms with Gasteiger partial charge >= 0.3 is 0 Å². The smallest absolute Gasteiger partial charge is 0.128 e. The molecule has 0 saturated heterocycles. The van der Waals surface area contributed by atoms with Crippen molar-refractivity contribution < 1.29 is 4.74 Å². The van der Waals surface area contributed by atoms with E-state index in [9.17, 15) is 0 Å². The Hall–Kier alpha value is -1.00. The first-order valence-electron chi connectivity index (χ1n) is 6.63. The molecule has 0 aliphatic rings. The molecule has 0 fully saturated rings. The number of hydrogen-bond donors (Lipinski definition) is 1. The van der Waals surface area contributed by atoms with E-state index in [1.807, 2.05) is 0 Å². The first kappa shape index (κ1) is 15.1. The molecule has 102 valence electrons. The summed E-state index contributed by atoms with van der Waals surface area (Å²) in [5, 5.41) is 3.39. The van der Waals surface area contributed by atoms with E-state index in [4.69, 9.17) is 4.74 Å². The second kappa shape index (κ2) is 7.44. The summed E-state index contributed by atoms with van der Waals surface area (Å²) in [6.07, 6.45) is 0.891. The van der Waals surface area contributed by atoms with Gasteiger partial charge in [-0.3, -0.25) is 0 Å². The molecule has 1 aromatic heterocycles. The molecule has 0 saturated carbocycles. The van der Waals surface area contributed by atoms with E-state index >= 15 is 0 Å². The van der Waals surface area contributed by atoms with Gasteiger partial charge < -0.3 is 10.1 Å². The van der Waals surface area contributed by atoms with Crippen molar-refractivity contribution in [1.29, 1.82) is 0 Å². The molecule has 0 aliphatic carbocycles. The third kappa shape index (κ3) is 4.03. The van der Waals surface area contributed by atoms with Crippen LogP contribution in [0.1, 0.15) is 42.5 Å². The first-order valence-corrected chi connectivity index (χ1v) is 6.63. The fourth-order valence-electron chi connectivity index (χ4n) is 2.26. The van der Waals surface area contributed by atoms with Gasteiger partial charge in [0.2, 0.25) is 0 Å². The van der Waals surface area contributed by atoms with Crippen LogP contribution < -0.4 is 5.32 Å². The molecule has 1 unspecified atom stereocenters. The average molecular weight is 251 g/mol. The van der Waals surface area contributed by atoms with Gasteiger partial charge in [-0.1, -0.05) is 13.8 Å². The van der Waals surface area contributed by atoms with Gasteiger partial charge in [-0.2, -0.15) is 0 Å². The van der Waals surface area contributed by atoms with Crippen molar-refractivity contribution in [3.63, 3.8) is 0 Å². The van der Waals surface area contributed by atoms with Gasteiger partial charge in [-0.25, -0.2) is 9.97 Å². The number of rotatable bonds is 7. The Balaban J connectivity index is 2.70. The van der Waals surface area contributed by atoms with Crippen LogP contribution in [0, 0.1) is 13.8 Å². The van der Waals surface area contributed by atoms with E-state index < -0.39 is 0 Å². The van der Waals surface area contributed by atoms with Gasteiger partial charge in [0.1, 0.15) is 5.82 Å². The standard InChI is InChI=1S/C14H25N3O/c1-6-13-16-11(3)14(12(4)17-13)10(2)9-15-7-8-18-5/h10,15H,6-9H2,1-5H3. The predicted octanol–water partition coefficient (Wildman–Crippen LogP) is 2.00. The van der Waals surface area contributed by atoms with Crippen molar-refractivity contribution in [2.75, 3.05) is 26.8 Å². The Kier molecular flexibility index (Phi) is 6.22. The van der Waals surface area contributed by atoms with Gasteiger partial charge in [0, 0.05) is 38.0 Å². The minimum absolute atomic E-state index is 0.424. The predicted molar refractivity (Wildman–Crippen MR) is 74.0 cm³/mol. The zero-order valence-electron chi connectivity index (χ0n) is 12.2. The van der Waals surface area contributed by atoms with Gasteiger partial charge in [-0.15, -0.1) is 0 Å². The number of aromatic nitrogens is 2. The number of ether oxygens (including phenoxy) is 1. The zero-order chi connectivity index (χ0) is 13.5. The Bertz CT molecular complexity index is 356. The van der Waals surface area contributed by atoms with Crippen LogP contribution in [0.25, 0.3) is 0 Å². The fraction of sp³-hybridized carbons (Fsp3) is 0.714. The minimum Gasteiger partial charge on any atom is -0.383 e.